The molecule has 1 radical (unpaired) electrons. The minimum absolute atomic E-state index is 0.0677. The van der Waals surface area contributed by atoms with E-state index in [1.54, 1.807) is 0 Å². The fourth-order valence-electron chi connectivity index (χ4n) is 0.232. The minimum atomic E-state index is -0.0677. The lowest BCUT2D eigenvalue weighted by Crippen LogP contribution is -2.23. The van der Waals surface area contributed by atoms with Gasteiger partial charge in [0.1, 0.15) is 0 Å². The van der Waals surface area contributed by atoms with E-state index in [0.29, 0.717) is 6.54 Å². The zero-order valence-electron chi connectivity index (χ0n) is 4.44. The van der Waals surface area contributed by atoms with E-state index in [1.165, 1.54) is 0 Å². The van der Waals surface area contributed by atoms with Crippen molar-refractivity contribution in [2.75, 3.05) is 6.54 Å². The van der Waals surface area contributed by atoms with Gasteiger partial charge >= 0.3 is 0 Å². The van der Waals surface area contributed by atoms with Crippen LogP contribution in [0.15, 0.2) is 0 Å². The van der Waals surface area contributed by atoms with Crippen LogP contribution in [0.3, 0.4) is 0 Å². The van der Waals surface area contributed by atoms with Gasteiger partial charge < -0.3 is 5.73 Å². The standard InChI is InChI=1S/C4H10N3/c1-2-3-7-4(5)6/h2-3H2,1H3,(H3,5,6). The Balaban J connectivity index is 2.82. The van der Waals surface area contributed by atoms with Gasteiger partial charge in [0.2, 0.25) is 5.96 Å². The van der Waals surface area contributed by atoms with Crippen LogP contribution in [0.5, 0.6) is 0 Å². The van der Waals surface area contributed by atoms with E-state index in [1.807, 2.05) is 6.92 Å². The number of nitrogens with one attached hydrogen (secondary N) is 1. The summed E-state index contributed by atoms with van der Waals surface area (Å²) in [7, 11) is 0. The Labute approximate surface area is 43.4 Å². The second kappa shape index (κ2) is 3.46. The molecule has 0 heterocycles. The van der Waals surface area contributed by atoms with Crippen LogP contribution < -0.4 is 11.1 Å². The Morgan fingerprint density at radius 1 is 1.86 bits per heavy atom. The van der Waals surface area contributed by atoms with Crippen molar-refractivity contribution in [2.24, 2.45) is 5.73 Å². The summed E-state index contributed by atoms with van der Waals surface area (Å²) in [6.07, 6.45) is 0.958. The van der Waals surface area contributed by atoms with Gasteiger partial charge in [-0.1, -0.05) is 6.92 Å². The van der Waals surface area contributed by atoms with Crippen molar-refractivity contribution in [1.82, 2.24) is 5.32 Å². The van der Waals surface area contributed by atoms with Crippen molar-refractivity contribution in [1.29, 1.82) is 5.41 Å². The molecule has 0 rings (SSSR count). The molecule has 0 spiro atoms. The van der Waals surface area contributed by atoms with Crippen molar-refractivity contribution in [3.63, 3.8) is 0 Å². The molecule has 0 aromatic heterocycles. The monoisotopic (exact) mass is 100 g/mol. The van der Waals surface area contributed by atoms with Crippen LogP contribution >= 0.6 is 0 Å². The van der Waals surface area contributed by atoms with Gasteiger partial charge in [-0.05, 0) is 6.42 Å². The first kappa shape index (κ1) is 6.27. The van der Waals surface area contributed by atoms with Crippen LogP contribution in [0.1, 0.15) is 13.3 Å². The molecule has 0 aromatic carbocycles. The molecule has 3 nitrogen and oxygen atoms in total. The van der Waals surface area contributed by atoms with Crippen LogP contribution in [-0.4, -0.2) is 12.5 Å². The van der Waals surface area contributed by atoms with E-state index < -0.39 is 0 Å². The van der Waals surface area contributed by atoms with Crippen molar-refractivity contribution in [3.05, 3.63) is 0 Å². The van der Waals surface area contributed by atoms with E-state index in [0.717, 1.165) is 6.42 Å². The van der Waals surface area contributed by atoms with Gasteiger partial charge in [-0.2, -0.15) is 0 Å². The zero-order chi connectivity index (χ0) is 5.70. The van der Waals surface area contributed by atoms with Gasteiger partial charge in [-0.3, -0.25) is 10.7 Å². The molecule has 0 aliphatic rings. The first-order valence-corrected chi connectivity index (χ1v) is 2.29. The highest BCUT2D eigenvalue weighted by Crippen LogP contribution is 1.68. The number of nitrogens with zero attached hydrogens (tertiary/aromatic N) is 1. The Hall–Kier alpha value is -0.730. The number of nitrogens with two attached hydrogens (primary N) is 1. The molecule has 0 aliphatic carbocycles. The second-order valence-corrected chi connectivity index (χ2v) is 1.27. The third-order valence-electron chi connectivity index (χ3n) is 0.506. The molecule has 0 unspecified atom stereocenters. The predicted molar refractivity (Wildman–Crippen MR) is 29.2 cm³/mol. The zero-order valence-corrected chi connectivity index (χ0v) is 4.44. The highest BCUT2D eigenvalue weighted by atomic mass is 15.0. The average Bonchev–Trinajstić information content (AvgIpc) is 1.61. The van der Waals surface area contributed by atoms with E-state index in [2.05, 4.69) is 5.32 Å². The molecule has 0 bridgehead atoms. The Morgan fingerprint density at radius 3 is 2.57 bits per heavy atom. The number of hydrogen-bond donors (Lipinski definition) is 2. The molecular formula is C4H10N3. The summed E-state index contributed by atoms with van der Waals surface area (Å²) in [6.45, 7) is 2.67. The predicted octanol–water partition coefficient (Wildman–Crippen LogP) is -0.106. The smallest absolute Gasteiger partial charge is 0.207 e. The highest BCUT2D eigenvalue weighted by molar-refractivity contribution is 5.73. The lowest BCUT2D eigenvalue weighted by Gasteiger charge is -1.92. The molecule has 0 fully saturated rings. The van der Waals surface area contributed by atoms with E-state index in [4.69, 9.17) is 11.1 Å². The Kier molecular flexibility index (Phi) is 3.10. The van der Waals surface area contributed by atoms with Crippen molar-refractivity contribution < 1.29 is 0 Å². The Bertz CT molecular complexity index is 60.0. The quantitative estimate of drug-likeness (QED) is 0.369. The summed E-state index contributed by atoms with van der Waals surface area (Å²) in [5.74, 6) is -0.0677. The van der Waals surface area contributed by atoms with Crippen LogP contribution in [0.25, 0.3) is 0 Å². The number of hydrogen-bond acceptors (Lipinski definition) is 1. The summed E-state index contributed by atoms with van der Waals surface area (Å²) < 4.78 is 0. The lowest BCUT2D eigenvalue weighted by atomic mass is 10.5. The van der Waals surface area contributed by atoms with Gasteiger partial charge in [0.15, 0.2) is 0 Å². The van der Waals surface area contributed by atoms with Crippen LogP contribution in [0.4, 0.5) is 0 Å². The SMILES string of the molecule is CCC[N]C(=N)N. The molecular weight excluding hydrogens is 90.1 g/mol. The Morgan fingerprint density at radius 2 is 2.43 bits per heavy atom. The molecule has 0 atom stereocenters. The normalized spacial score (nSPS) is 8.14. The highest BCUT2D eigenvalue weighted by Gasteiger charge is 1.82. The third kappa shape index (κ3) is 5.27. The summed E-state index contributed by atoms with van der Waals surface area (Å²) in [5.41, 5.74) is 4.90. The first-order chi connectivity index (χ1) is 3.27. The van der Waals surface area contributed by atoms with Crippen LogP contribution in [-0.2, 0) is 0 Å². The average molecular weight is 100 g/mol. The maximum Gasteiger partial charge on any atom is 0.207 e. The number of guanidine groups is 1. The van der Waals surface area contributed by atoms with Crippen LogP contribution in [0.2, 0.25) is 0 Å². The van der Waals surface area contributed by atoms with Crippen molar-refractivity contribution >= 4 is 5.96 Å². The first-order valence-electron chi connectivity index (χ1n) is 2.29. The van der Waals surface area contributed by atoms with Gasteiger partial charge in [-0.15, -0.1) is 0 Å². The molecule has 0 amide bonds. The second-order valence-electron chi connectivity index (χ2n) is 1.27. The summed E-state index contributed by atoms with van der Waals surface area (Å²) in [5, 5.41) is 10.2. The molecule has 3 heteroatoms. The van der Waals surface area contributed by atoms with Gasteiger partial charge in [0.25, 0.3) is 0 Å². The molecule has 0 saturated carbocycles. The maximum absolute atomic E-state index is 6.61. The molecule has 41 valence electrons. The van der Waals surface area contributed by atoms with Crippen molar-refractivity contribution in [3.8, 4) is 0 Å². The summed E-state index contributed by atoms with van der Waals surface area (Å²) in [6, 6.07) is 0. The third-order valence-corrected chi connectivity index (χ3v) is 0.506. The largest absolute Gasteiger partial charge is 0.369 e. The minimum Gasteiger partial charge on any atom is -0.369 e. The van der Waals surface area contributed by atoms with Crippen molar-refractivity contribution in [2.45, 2.75) is 13.3 Å². The fraction of sp³-hybridized carbons (Fsp3) is 0.750. The molecule has 0 aromatic rings. The summed E-state index contributed by atoms with van der Waals surface area (Å²) >= 11 is 0. The molecule has 0 saturated heterocycles. The summed E-state index contributed by atoms with van der Waals surface area (Å²) in [4.78, 5) is 0. The van der Waals surface area contributed by atoms with E-state index >= 15 is 0 Å². The number of rotatable bonds is 2. The molecule has 0 aliphatic heterocycles. The van der Waals surface area contributed by atoms with Gasteiger partial charge in [-0.25, -0.2) is 0 Å². The maximum atomic E-state index is 6.61. The van der Waals surface area contributed by atoms with E-state index in [9.17, 15) is 0 Å². The van der Waals surface area contributed by atoms with E-state index in [-0.39, 0.29) is 5.96 Å². The van der Waals surface area contributed by atoms with Crippen LogP contribution in [0, 0.1) is 5.41 Å². The lowest BCUT2D eigenvalue weighted by molar-refractivity contribution is 0.818. The van der Waals surface area contributed by atoms with Gasteiger partial charge in [0, 0.05) is 6.54 Å². The van der Waals surface area contributed by atoms with Gasteiger partial charge in [0.05, 0.1) is 0 Å². The molecule has 3 N–H and O–H groups in total. The fourth-order valence-corrected chi connectivity index (χ4v) is 0.232. The molecule has 7 heavy (non-hydrogen) atoms. The topological polar surface area (TPSA) is 64.0 Å².